The summed E-state index contributed by atoms with van der Waals surface area (Å²) >= 11 is 0. The second-order valence-corrected chi connectivity index (χ2v) is 4.47. The van der Waals surface area contributed by atoms with Crippen molar-refractivity contribution >= 4 is 0 Å². The van der Waals surface area contributed by atoms with Gasteiger partial charge in [-0.05, 0) is 30.7 Å². The number of benzene rings is 1. The van der Waals surface area contributed by atoms with Crippen LogP contribution in [0.2, 0.25) is 0 Å². The van der Waals surface area contributed by atoms with Crippen molar-refractivity contribution in [3.8, 4) is 11.5 Å². The molecular formula is C14H20O4. The largest absolute Gasteiger partial charge is 0.497 e. The first-order valence-electron chi connectivity index (χ1n) is 6.35. The molecule has 0 amide bonds. The van der Waals surface area contributed by atoms with Gasteiger partial charge in [0.15, 0.2) is 0 Å². The van der Waals surface area contributed by atoms with Gasteiger partial charge in [0.25, 0.3) is 0 Å². The minimum absolute atomic E-state index is 0.0556. The monoisotopic (exact) mass is 252 g/mol. The van der Waals surface area contributed by atoms with Crippen molar-refractivity contribution in [1.82, 2.24) is 0 Å². The first-order valence-corrected chi connectivity index (χ1v) is 6.35. The van der Waals surface area contributed by atoms with Gasteiger partial charge in [-0.15, -0.1) is 0 Å². The molecule has 0 saturated heterocycles. The lowest BCUT2D eigenvalue weighted by Gasteiger charge is -2.40. The Balaban J connectivity index is 1.88. The van der Waals surface area contributed by atoms with Gasteiger partial charge in [0, 0.05) is 13.0 Å². The number of aliphatic hydroxyl groups is 1. The summed E-state index contributed by atoms with van der Waals surface area (Å²) in [6.07, 6.45) is 0.908. The number of hydrogen-bond donors (Lipinski definition) is 1. The lowest BCUT2D eigenvalue weighted by Crippen LogP contribution is -2.55. The minimum Gasteiger partial charge on any atom is -0.497 e. The zero-order chi connectivity index (χ0) is 13.0. The molecule has 1 aromatic rings. The summed E-state index contributed by atoms with van der Waals surface area (Å²) in [5.41, 5.74) is 0. The number of rotatable bonds is 6. The van der Waals surface area contributed by atoms with Crippen LogP contribution in [0, 0.1) is 0 Å². The van der Waals surface area contributed by atoms with E-state index in [-0.39, 0.29) is 12.2 Å². The molecule has 3 unspecified atom stereocenters. The molecule has 3 atom stereocenters. The highest BCUT2D eigenvalue weighted by Crippen LogP contribution is 2.29. The normalized spacial score (nSPS) is 26.5. The molecular weight excluding hydrogens is 232 g/mol. The van der Waals surface area contributed by atoms with Gasteiger partial charge in [-0.1, -0.05) is 6.92 Å². The highest BCUT2D eigenvalue weighted by atomic mass is 16.6. The number of ether oxygens (including phenoxy) is 3. The SMILES string of the molecule is CCCOC1C(O)CC1Oc1ccc(OC)cc1. The van der Waals surface area contributed by atoms with Crippen LogP contribution in [0.25, 0.3) is 0 Å². The van der Waals surface area contributed by atoms with Crippen LogP contribution in [-0.2, 0) is 4.74 Å². The van der Waals surface area contributed by atoms with Gasteiger partial charge in [0.1, 0.15) is 23.7 Å². The van der Waals surface area contributed by atoms with Gasteiger partial charge in [-0.3, -0.25) is 0 Å². The molecule has 4 nitrogen and oxygen atoms in total. The molecule has 1 N–H and O–H groups in total. The number of aliphatic hydroxyl groups excluding tert-OH is 1. The minimum atomic E-state index is -0.403. The molecule has 2 rings (SSSR count). The van der Waals surface area contributed by atoms with Crippen molar-refractivity contribution in [2.45, 2.75) is 38.1 Å². The topological polar surface area (TPSA) is 47.9 Å². The molecule has 100 valence electrons. The molecule has 0 spiro atoms. The average Bonchev–Trinajstić information content (AvgIpc) is 2.39. The van der Waals surface area contributed by atoms with Crippen molar-refractivity contribution in [1.29, 1.82) is 0 Å². The summed E-state index contributed by atoms with van der Waals surface area (Å²) in [5, 5.41) is 9.64. The summed E-state index contributed by atoms with van der Waals surface area (Å²) < 4.78 is 16.4. The standard InChI is InChI=1S/C14H20O4/c1-3-8-17-14-12(15)9-13(14)18-11-6-4-10(16-2)5-7-11/h4-7,12-15H,3,8-9H2,1-2H3. The highest BCUT2D eigenvalue weighted by molar-refractivity contribution is 5.31. The maximum Gasteiger partial charge on any atom is 0.130 e. The van der Waals surface area contributed by atoms with Gasteiger partial charge >= 0.3 is 0 Å². The van der Waals surface area contributed by atoms with E-state index in [2.05, 4.69) is 0 Å². The second kappa shape index (κ2) is 6.07. The zero-order valence-corrected chi connectivity index (χ0v) is 10.8. The molecule has 0 heterocycles. The quantitative estimate of drug-likeness (QED) is 0.841. The van der Waals surface area contributed by atoms with Crippen LogP contribution in [0.15, 0.2) is 24.3 Å². The molecule has 0 aromatic heterocycles. The van der Waals surface area contributed by atoms with Crippen LogP contribution >= 0.6 is 0 Å². The molecule has 1 aliphatic carbocycles. The van der Waals surface area contributed by atoms with E-state index in [1.54, 1.807) is 7.11 Å². The molecule has 0 aliphatic heterocycles. The predicted molar refractivity (Wildman–Crippen MR) is 68.1 cm³/mol. The Hall–Kier alpha value is -1.26. The molecule has 1 aromatic carbocycles. The van der Waals surface area contributed by atoms with Crippen molar-refractivity contribution in [3.63, 3.8) is 0 Å². The van der Waals surface area contributed by atoms with E-state index in [0.29, 0.717) is 13.0 Å². The lowest BCUT2D eigenvalue weighted by molar-refractivity contribution is -0.162. The zero-order valence-electron chi connectivity index (χ0n) is 10.8. The predicted octanol–water partition coefficient (Wildman–Crippen LogP) is 2.00. The molecule has 1 fully saturated rings. The third-order valence-corrected chi connectivity index (χ3v) is 3.08. The van der Waals surface area contributed by atoms with E-state index in [9.17, 15) is 5.11 Å². The molecule has 18 heavy (non-hydrogen) atoms. The van der Waals surface area contributed by atoms with E-state index < -0.39 is 6.10 Å². The maximum atomic E-state index is 9.64. The van der Waals surface area contributed by atoms with E-state index in [4.69, 9.17) is 14.2 Å². The Labute approximate surface area is 107 Å². The summed E-state index contributed by atoms with van der Waals surface area (Å²) in [4.78, 5) is 0. The lowest BCUT2D eigenvalue weighted by atomic mass is 9.88. The highest BCUT2D eigenvalue weighted by Gasteiger charge is 2.42. The average molecular weight is 252 g/mol. The Morgan fingerprint density at radius 1 is 1.22 bits per heavy atom. The fraction of sp³-hybridized carbons (Fsp3) is 0.571. The van der Waals surface area contributed by atoms with Crippen LogP contribution in [0.3, 0.4) is 0 Å². The van der Waals surface area contributed by atoms with Crippen LogP contribution in [0.5, 0.6) is 11.5 Å². The molecule has 0 radical (unpaired) electrons. The Bertz CT molecular complexity index is 363. The summed E-state index contributed by atoms with van der Waals surface area (Å²) in [6, 6.07) is 7.43. The Kier molecular flexibility index (Phi) is 4.44. The van der Waals surface area contributed by atoms with Crippen molar-refractivity contribution in [3.05, 3.63) is 24.3 Å². The summed E-state index contributed by atoms with van der Waals surface area (Å²) in [5.74, 6) is 1.58. The van der Waals surface area contributed by atoms with E-state index in [1.807, 2.05) is 31.2 Å². The first kappa shape index (κ1) is 13.2. The van der Waals surface area contributed by atoms with Crippen LogP contribution in [-0.4, -0.2) is 37.1 Å². The van der Waals surface area contributed by atoms with Crippen molar-refractivity contribution < 1.29 is 19.3 Å². The van der Waals surface area contributed by atoms with E-state index in [0.717, 1.165) is 17.9 Å². The van der Waals surface area contributed by atoms with Crippen molar-refractivity contribution in [2.75, 3.05) is 13.7 Å². The third-order valence-electron chi connectivity index (χ3n) is 3.08. The van der Waals surface area contributed by atoms with Crippen molar-refractivity contribution in [2.24, 2.45) is 0 Å². The fourth-order valence-electron chi connectivity index (χ4n) is 1.97. The van der Waals surface area contributed by atoms with Gasteiger partial charge in [0.05, 0.1) is 13.2 Å². The smallest absolute Gasteiger partial charge is 0.130 e. The number of hydrogen-bond acceptors (Lipinski definition) is 4. The summed E-state index contributed by atoms with van der Waals surface area (Å²) in [6.45, 7) is 2.70. The van der Waals surface area contributed by atoms with Gasteiger partial charge in [-0.25, -0.2) is 0 Å². The molecule has 1 saturated carbocycles. The summed E-state index contributed by atoms with van der Waals surface area (Å²) in [7, 11) is 1.63. The van der Waals surface area contributed by atoms with E-state index >= 15 is 0 Å². The third kappa shape index (κ3) is 2.94. The Morgan fingerprint density at radius 2 is 1.89 bits per heavy atom. The van der Waals surface area contributed by atoms with Crippen LogP contribution in [0.1, 0.15) is 19.8 Å². The number of methoxy groups -OCH3 is 1. The molecule has 0 bridgehead atoms. The Morgan fingerprint density at radius 3 is 2.44 bits per heavy atom. The van der Waals surface area contributed by atoms with Gasteiger partial charge in [-0.2, -0.15) is 0 Å². The van der Waals surface area contributed by atoms with E-state index in [1.165, 1.54) is 0 Å². The van der Waals surface area contributed by atoms with Crippen LogP contribution in [0.4, 0.5) is 0 Å². The second-order valence-electron chi connectivity index (χ2n) is 4.47. The first-order chi connectivity index (χ1) is 8.74. The van der Waals surface area contributed by atoms with Gasteiger partial charge < -0.3 is 19.3 Å². The van der Waals surface area contributed by atoms with Crippen LogP contribution < -0.4 is 9.47 Å². The molecule has 4 heteroatoms. The fourth-order valence-corrected chi connectivity index (χ4v) is 1.97. The molecule has 1 aliphatic rings. The van der Waals surface area contributed by atoms with Gasteiger partial charge in [0.2, 0.25) is 0 Å². The maximum absolute atomic E-state index is 9.64.